The Morgan fingerprint density at radius 2 is 2.18 bits per heavy atom. The number of carboxylic acids is 1. The van der Waals surface area contributed by atoms with E-state index >= 15 is 0 Å². The SMILES string of the molecule is C=CCN(C1CCCC1)C(C(=O)O)c1cc(C)ccc1OC. The van der Waals surface area contributed by atoms with Crippen molar-refractivity contribution in [1.82, 2.24) is 4.90 Å². The molecule has 0 aliphatic heterocycles. The molecule has 4 nitrogen and oxygen atoms in total. The van der Waals surface area contributed by atoms with Crippen molar-refractivity contribution in [2.75, 3.05) is 13.7 Å². The topological polar surface area (TPSA) is 49.8 Å². The Kier molecular flexibility index (Phi) is 5.61. The lowest BCUT2D eigenvalue weighted by Gasteiger charge is -2.34. The molecule has 4 heteroatoms. The molecule has 1 aliphatic rings. The number of benzene rings is 1. The number of aryl methyl sites for hydroxylation is 1. The number of aliphatic carboxylic acids is 1. The van der Waals surface area contributed by atoms with E-state index < -0.39 is 12.0 Å². The van der Waals surface area contributed by atoms with E-state index in [0.29, 0.717) is 18.3 Å². The van der Waals surface area contributed by atoms with Gasteiger partial charge in [0.1, 0.15) is 11.8 Å². The van der Waals surface area contributed by atoms with Crippen LogP contribution in [-0.4, -0.2) is 35.7 Å². The van der Waals surface area contributed by atoms with Crippen LogP contribution in [0.3, 0.4) is 0 Å². The van der Waals surface area contributed by atoms with E-state index in [1.54, 1.807) is 13.2 Å². The maximum Gasteiger partial charge on any atom is 0.325 e. The van der Waals surface area contributed by atoms with Crippen LogP contribution in [0, 0.1) is 6.92 Å². The van der Waals surface area contributed by atoms with Gasteiger partial charge in [-0.2, -0.15) is 0 Å². The molecule has 2 rings (SSSR count). The smallest absolute Gasteiger partial charge is 0.325 e. The number of methoxy groups -OCH3 is 1. The Bertz CT molecular complexity index is 535. The summed E-state index contributed by atoms with van der Waals surface area (Å²) >= 11 is 0. The van der Waals surface area contributed by atoms with Crippen LogP contribution in [-0.2, 0) is 4.79 Å². The van der Waals surface area contributed by atoms with Crippen molar-refractivity contribution < 1.29 is 14.6 Å². The van der Waals surface area contributed by atoms with E-state index in [4.69, 9.17) is 4.74 Å². The fourth-order valence-electron chi connectivity index (χ4n) is 3.37. The number of carboxylic acid groups (broad SMARTS) is 1. The monoisotopic (exact) mass is 303 g/mol. The van der Waals surface area contributed by atoms with Gasteiger partial charge in [0.05, 0.1) is 7.11 Å². The summed E-state index contributed by atoms with van der Waals surface area (Å²) in [6.07, 6.45) is 6.21. The first-order chi connectivity index (χ1) is 10.6. The van der Waals surface area contributed by atoms with Crippen molar-refractivity contribution in [3.8, 4) is 5.75 Å². The van der Waals surface area contributed by atoms with Crippen molar-refractivity contribution in [2.45, 2.75) is 44.7 Å². The van der Waals surface area contributed by atoms with Gasteiger partial charge >= 0.3 is 5.97 Å². The second kappa shape index (κ2) is 7.45. The molecule has 1 aromatic rings. The molecule has 1 atom stereocenters. The molecule has 0 amide bonds. The van der Waals surface area contributed by atoms with Crippen LogP contribution in [0.5, 0.6) is 5.75 Å². The number of hydrogen-bond acceptors (Lipinski definition) is 3. The maximum absolute atomic E-state index is 12.0. The van der Waals surface area contributed by atoms with Crippen molar-refractivity contribution in [1.29, 1.82) is 0 Å². The van der Waals surface area contributed by atoms with E-state index in [1.807, 2.05) is 25.1 Å². The van der Waals surface area contributed by atoms with Gasteiger partial charge in [0.2, 0.25) is 0 Å². The van der Waals surface area contributed by atoms with Gasteiger partial charge in [0, 0.05) is 18.2 Å². The molecule has 0 saturated heterocycles. The van der Waals surface area contributed by atoms with Gasteiger partial charge in [-0.05, 0) is 25.8 Å². The number of ether oxygens (including phenoxy) is 1. The number of nitrogens with zero attached hydrogens (tertiary/aromatic N) is 1. The fourth-order valence-corrected chi connectivity index (χ4v) is 3.37. The number of rotatable bonds is 7. The fraction of sp³-hybridized carbons (Fsp3) is 0.500. The Hall–Kier alpha value is -1.81. The number of carbonyl (C=O) groups is 1. The Morgan fingerprint density at radius 1 is 1.50 bits per heavy atom. The molecule has 1 fully saturated rings. The van der Waals surface area contributed by atoms with Crippen LogP contribution < -0.4 is 4.74 Å². The normalized spacial score (nSPS) is 16.7. The maximum atomic E-state index is 12.0. The summed E-state index contributed by atoms with van der Waals surface area (Å²) < 4.78 is 5.41. The van der Waals surface area contributed by atoms with Crippen molar-refractivity contribution in [3.63, 3.8) is 0 Å². The first-order valence-corrected chi connectivity index (χ1v) is 7.82. The molecule has 1 unspecified atom stereocenters. The zero-order chi connectivity index (χ0) is 16.1. The lowest BCUT2D eigenvalue weighted by atomic mass is 9.99. The van der Waals surface area contributed by atoms with Crippen LogP contribution in [0.4, 0.5) is 0 Å². The van der Waals surface area contributed by atoms with Gasteiger partial charge in [0.25, 0.3) is 0 Å². The summed E-state index contributed by atoms with van der Waals surface area (Å²) in [5, 5.41) is 9.86. The molecular weight excluding hydrogens is 278 g/mol. The van der Waals surface area contributed by atoms with Gasteiger partial charge in [-0.1, -0.05) is 36.6 Å². The van der Waals surface area contributed by atoms with Gasteiger partial charge < -0.3 is 9.84 Å². The average molecular weight is 303 g/mol. The Balaban J connectivity index is 2.45. The van der Waals surface area contributed by atoms with Gasteiger partial charge in [-0.25, -0.2) is 0 Å². The Labute approximate surface area is 132 Å². The molecule has 0 radical (unpaired) electrons. The molecule has 1 aliphatic carbocycles. The Morgan fingerprint density at radius 3 is 2.73 bits per heavy atom. The van der Waals surface area contributed by atoms with Gasteiger partial charge in [0.15, 0.2) is 0 Å². The third-order valence-electron chi connectivity index (χ3n) is 4.38. The highest BCUT2D eigenvalue weighted by Crippen LogP contribution is 2.35. The van der Waals surface area contributed by atoms with Crippen LogP contribution in [0.25, 0.3) is 0 Å². The van der Waals surface area contributed by atoms with Crippen LogP contribution >= 0.6 is 0 Å². The zero-order valence-corrected chi connectivity index (χ0v) is 13.4. The lowest BCUT2D eigenvalue weighted by molar-refractivity contribution is -0.144. The third kappa shape index (κ3) is 3.50. The summed E-state index contributed by atoms with van der Waals surface area (Å²) in [4.78, 5) is 14.1. The minimum Gasteiger partial charge on any atom is -0.496 e. The number of hydrogen-bond donors (Lipinski definition) is 1. The van der Waals surface area contributed by atoms with Crippen molar-refractivity contribution >= 4 is 5.97 Å². The molecule has 22 heavy (non-hydrogen) atoms. The summed E-state index contributed by atoms with van der Waals surface area (Å²) in [5.74, 6) is -0.206. The predicted octanol–water partition coefficient (Wildman–Crippen LogP) is 3.56. The highest BCUT2D eigenvalue weighted by Gasteiger charge is 2.35. The molecule has 1 aromatic carbocycles. The highest BCUT2D eigenvalue weighted by molar-refractivity contribution is 5.77. The first kappa shape index (κ1) is 16.6. The van der Waals surface area contributed by atoms with Gasteiger partial charge in [-0.15, -0.1) is 6.58 Å². The molecule has 1 saturated carbocycles. The average Bonchev–Trinajstić information content (AvgIpc) is 3.00. The second-order valence-electron chi connectivity index (χ2n) is 5.91. The molecule has 1 N–H and O–H groups in total. The first-order valence-electron chi connectivity index (χ1n) is 7.82. The van der Waals surface area contributed by atoms with E-state index in [1.165, 1.54) is 0 Å². The van der Waals surface area contributed by atoms with Crippen molar-refractivity contribution in [2.24, 2.45) is 0 Å². The standard InChI is InChI=1S/C18H25NO3/c1-4-11-19(14-7-5-6-8-14)17(18(20)21)15-12-13(2)9-10-16(15)22-3/h4,9-10,12,14,17H,1,5-8,11H2,2-3H3,(H,20,21). The van der Waals surface area contributed by atoms with Crippen molar-refractivity contribution in [3.05, 3.63) is 42.0 Å². The minimum atomic E-state index is -0.836. The molecular formula is C18H25NO3. The lowest BCUT2D eigenvalue weighted by Crippen LogP contribution is -2.41. The molecule has 0 bridgehead atoms. The minimum absolute atomic E-state index is 0.296. The van der Waals surface area contributed by atoms with Gasteiger partial charge in [-0.3, -0.25) is 9.69 Å². The largest absolute Gasteiger partial charge is 0.496 e. The van der Waals surface area contributed by atoms with Crippen LogP contribution in [0.1, 0.15) is 42.9 Å². The van der Waals surface area contributed by atoms with Crippen LogP contribution in [0.2, 0.25) is 0 Å². The molecule has 0 heterocycles. The molecule has 0 aromatic heterocycles. The van der Waals surface area contributed by atoms with E-state index in [-0.39, 0.29) is 0 Å². The summed E-state index contributed by atoms with van der Waals surface area (Å²) in [7, 11) is 1.58. The second-order valence-corrected chi connectivity index (χ2v) is 5.91. The van der Waals surface area contributed by atoms with Crippen LogP contribution in [0.15, 0.2) is 30.9 Å². The van der Waals surface area contributed by atoms with E-state index in [2.05, 4.69) is 11.5 Å². The summed E-state index contributed by atoms with van der Waals surface area (Å²) in [6, 6.07) is 5.30. The predicted molar refractivity (Wildman–Crippen MR) is 87.3 cm³/mol. The zero-order valence-electron chi connectivity index (χ0n) is 13.4. The quantitative estimate of drug-likeness (QED) is 0.783. The summed E-state index contributed by atoms with van der Waals surface area (Å²) in [6.45, 7) is 6.34. The molecule has 120 valence electrons. The third-order valence-corrected chi connectivity index (χ3v) is 4.38. The molecule has 0 spiro atoms. The highest BCUT2D eigenvalue weighted by atomic mass is 16.5. The van der Waals surface area contributed by atoms with E-state index in [9.17, 15) is 9.90 Å². The summed E-state index contributed by atoms with van der Waals surface area (Å²) in [5.41, 5.74) is 1.76. The van der Waals surface area contributed by atoms with E-state index in [0.717, 1.165) is 36.8 Å².